The van der Waals surface area contributed by atoms with E-state index in [9.17, 15) is 4.79 Å². The second-order valence-corrected chi connectivity index (χ2v) is 9.67. The molecule has 4 nitrogen and oxygen atoms in total. The molecule has 4 aromatic rings. The summed E-state index contributed by atoms with van der Waals surface area (Å²) in [6.07, 6.45) is 0. The van der Waals surface area contributed by atoms with E-state index in [1.54, 1.807) is 11.8 Å². The Morgan fingerprint density at radius 1 is 0.909 bits per heavy atom. The molecule has 1 heterocycles. The lowest BCUT2D eigenvalue weighted by Gasteiger charge is -2.09. The number of carbonyl (C=O) groups is 1. The van der Waals surface area contributed by atoms with Crippen LogP contribution >= 0.6 is 27.7 Å². The van der Waals surface area contributed by atoms with Crippen LogP contribution in [0, 0.1) is 0 Å². The minimum Gasteiger partial charge on any atom is -0.399 e. The smallest absolute Gasteiger partial charge is 0.251 e. The molecule has 3 N–H and O–H groups in total. The Kier molecular flexibility index (Phi) is 6.03. The number of nitrogen functional groups attached to an aromatic ring is 1. The Bertz CT molecular complexity index is 1370. The van der Waals surface area contributed by atoms with Gasteiger partial charge in [-0.05, 0) is 54.1 Å². The first-order valence-electron chi connectivity index (χ1n) is 10.5. The average molecular weight is 514 g/mol. The molecule has 162 valence electrons. The van der Waals surface area contributed by atoms with Crippen LogP contribution in [0.4, 0.5) is 11.4 Å². The standard InChI is InChI=1S/C27H20BrN3OS/c28-20-10-7-18(8-11-20)26-22-3-1-2-4-24(22)33-25-14-9-19(15-23(25)31-26)27(32)30-16-17-5-12-21(29)13-6-17/h1-15H,16,29H2,(H,30,32). The minimum atomic E-state index is -0.137. The monoisotopic (exact) mass is 513 g/mol. The van der Waals surface area contributed by atoms with E-state index in [0.29, 0.717) is 17.8 Å². The third-order valence-electron chi connectivity index (χ3n) is 5.37. The molecule has 0 radical (unpaired) electrons. The minimum absolute atomic E-state index is 0.137. The molecule has 0 aliphatic carbocycles. The molecule has 1 amide bonds. The number of aliphatic imine (C=N–C) groups is 1. The van der Waals surface area contributed by atoms with Crippen molar-refractivity contribution in [2.45, 2.75) is 16.3 Å². The van der Waals surface area contributed by atoms with E-state index >= 15 is 0 Å². The van der Waals surface area contributed by atoms with Gasteiger partial charge in [0, 0.05) is 43.2 Å². The Morgan fingerprint density at radius 3 is 2.45 bits per heavy atom. The van der Waals surface area contributed by atoms with Crippen molar-refractivity contribution in [1.82, 2.24) is 5.32 Å². The summed E-state index contributed by atoms with van der Waals surface area (Å²) < 4.78 is 1.02. The van der Waals surface area contributed by atoms with Gasteiger partial charge in [0.25, 0.3) is 5.91 Å². The zero-order valence-corrected chi connectivity index (χ0v) is 20.0. The molecular weight excluding hydrogens is 494 g/mol. The van der Waals surface area contributed by atoms with Crippen molar-refractivity contribution >= 4 is 50.7 Å². The molecule has 0 spiro atoms. The second-order valence-electron chi connectivity index (χ2n) is 7.67. The van der Waals surface area contributed by atoms with Gasteiger partial charge < -0.3 is 11.1 Å². The molecule has 1 aliphatic heterocycles. The number of anilines is 1. The average Bonchev–Trinajstić information content (AvgIpc) is 3.00. The van der Waals surface area contributed by atoms with E-state index in [2.05, 4.69) is 45.5 Å². The number of hydrogen-bond donors (Lipinski definition) is 2. The number of hydrogen-bond acceptors (Lipinski definition) is 4. The lowest BCUT2D eigenvalue weighted by molar-refractivity contribution is 0.0951. The van der Waals surface area contributed by atoms with Gasteiger partial charge in [-0.25, -0.2) is 4.99 Å². The Morgan fingerprint density at radius 2 is 1.67 bits per heavy atom. The topological polar surface area (TPSA) is 67.5 Å². The van der Waals surface area contributed by atoms with Gasteiger partial charge in [-0.2, -0.15) is 0 Å². The molecular formula is C27H20BrN3OS. The van der Waals surface area contributed by atoms with Gasteiger partial charge in [0.2, 0.25) is 0 Å². The van der Waals surface area contributed by atoms with Gasteiger partial charge in [0.15, 0.2) is 0 Å². The Balaban J connectivity index is 1.49. The number of benzene rings is 4. The lowest BCUT2D eigenvalue weighted by Crippen LogP contribution is -2.22. The van der Waals surface area contributed by atoms with Crippen LogP contribution in [-0.2, 0) is 6.54 Å². The molecule has 0 aromatic heterocycles. The van der Waals surface area contributed by atoms with Crippen LogP contribution in [0.1, 0.15) is 27.0 Å². The Labute approximate surface area is 205 Å². The highest BCUT2D eigenvalue weighted by Crippen LogP contribution is 2.41. The maximum Gasteiger partial charge on any atom is 0.251 e. The molecule has 0 bridgehead atoms. The van der Waals surface area contributed by atoms with Crippen LogP contribution in [0.3, 0.4) is 0 Å². The first-order chi connectivity index (χ1) is 16.1. The zero-order chi connectivity index (χ0) is 22.8. The summed E-state index contributed by atoms with van der Waals surface area (Å²) in [6.45, 7) is 0.434. The first kappa shape index (κ1) is 21.5. The van der Waals surface area contributed by atoms with Crippen molar-refractivity contribution in [2.24, 2.45) is 4.99 Å². The second kappa shape index (κ2) is 9.25. The molecule has 0 saturated heterocycles. The summed E-state index contributed by atoms with van der Waals surface area (Å²) in [5.74, 6) is -0.137. The van der Waals surface area contributed by atoms with Gasteiger partial charge in [0.05, 0.1) is 11.4 Å². The fourth-order valence-corrected chi connectivity index (χ4v) is 4.90. The van der Waals surface area contributed by atoms with Crippen molar-refractivity contribution in [3.05, 3.63) is 118 Å². The van der Waals surface area contributed by atoms with Crippen LogP contribution in [-0.4, -0.2) is 11.6 Å². The highest BCUT2D eigenvalue weighted by Gasteiger charge is 2.20. The summed E-state index contributed by atoms with van der Waals surface area (Å²) in [7, 11) is 0. The van der Waals surface area contributed by atoms with Gasteiger partial charge in [0.1, 0.15) is 0 Å². The van der Waals surface area contributed by atoms with Gasteiger partial charge in [-0.15, -0.1) is 0 Å². The van der Waals surface area contributed by atoms with E-state index in [0.717, 1.165) is 42.4 Å². The molecule has 1 aliphatic rings. The molecule has 0 fully saturated rings. The normalized spacial score (nSPS) is 12.2. The van der Waals surface area contributed by atoms with E-state index in [-0.39, 0.29) is 5.91 Å². The van der Waals surface area contributed by atoms with Crippen molar-refractivity contribution < 1.29 is 4.79 Å². The third kappa shape index (κ3) is 4.72. The summed E-state index contributed by atoms with van der Waals surface area (Å²) >= 11 is 5.18. The van der Waals surface area contributed by atoms with Crippen LogP contribution in [0.25, 0.3) is 0 Å². The number of halogens is 1. The summed E-state index contributed by atoms with van der Waals surface area (Å²) in [4.78, 5) is 20.1. The predicted octanol–water partition coefficient (Wildman–Crippen LogP) is 6.60. The summed E-state index contributed by atoms with van der Waals surface area (Å²) in [5, 5.41) is 2.98. The lowest BCUT2D eigenvalue weighted by atomic mass is 10.0. The number of carbonyl (C=O) groups excluding carboxylic acids is 1. The number of nitrogens with zero attached hydrogens (tertiary/aromatic N) is 1. The summed E-state index contributed by atoms with van der Waals surface area (Å²) in [5.41, 5.74) is 11.8. The van der Waals surface area contributed by atoms with Gasteiger partial charge >= 0.3 is 0 Å². The molecule has 4 aromatic carbocycles. The van der Waals surface area contributed by atoms with E-state index in [4.69, 9.17) is 10.7 Å². The SMILES string of the molecule is Nc1ccc(CNC(=O)c2ccc3c(c2)N=C(c2ccc(Br)cc2)c2ccccc2S3)cc1. The molecule has 0 unspecified atom stereocenters. The third-order valence-corrected chi connectivity index (χ3v) is 7.04. The van der Waals surface area contributed by atoms with E-state index < -0.39 is 0 Å². The number of nitrogens with one attached hydrogen (secondary N) is 1. The largest absolute Gasteiger partial charge is 0.399 e. The highest BCUT2D eigenvalue weighted by molar-refractivity contribution is 9.10. The van der Waals surface area contributed by atoms with E-state index in [1.165, 1.54) is 0 Å². The maximum atomic E-state index is 12.9. The molecule has 6 heteroatoms. The fraction of sp³-hybridized carbons (Fsp3) is 0.0370. The molecule has 0 atom stereocenters. The maximum absolute atomic E-state index is 12.9. The van der Waals surface area contributed by atoms with Crippen molar-refractivity contribution in [2.75, 3.05) is 5.73 Å². The van der Waals surface area contributed by atoms with Crippen LogP contribution in [0.2, 0.25) is 0 Å². The summed E-state index contributed by atoms with van der Waals surface area (Å²) in [6, 6.07) is 29.6. The molecule has 0 saturated carbocycles. The van der Waals surface area contributed by atoms with Gasteiger partial charge in [-0.1, -0.05) is 70.2 Å². The van der Waals surface area contributed by atoms with Crippen molar-refractivity contribution in [3.8, 4) is 0 Å². The van der Waals surface area contributed by atoms with Crippen LogP contribution < -0.4 is 11.1 Å². The van der Waals surface area contributed by atoms with Crippen molar-refractivity contribution in [3.63, 3.8) is 0 Å². The predicted molar refractivity (Wildman–Crippen MR) is 138 cm³/mol. The van der Waals surface area contributed by atoms with Crippen LogP contribution in [0.15, 0.2) is 110 Å². The number of fused-ring (bicyclic) bond motifs is 2. The Hall–Kier alpha value is -3.35. The molecule has 33 heavy (non-hydrogen) atoms. The van der Waals surface area contributed by atoms with Crippen molar-refractivity contribution in [1.29, 1.82) is 0 Å². The number of amides is 1. The van der Waals surface area contributed by atoms with Crippen LogP contribution in [0.5, 0.6) is 0 Å². The van der Waals surface area contributed by atoms with Gasteiger partial charge in [-0.3, -0.25) is 4.79 Å². The van der Waals surface area contributed by atoms with E-state index in [1.807, 2.05) is 66.7 Å². The first-order valence-corrected chi connectivity index (χ1v) is 12.1. The molecule has 5 rings (SSSR count). The fourth-order valence-electron chi connectivity index (χ4n) is 3.63. The zero-order valence-electron chi connectivity index (χ0n) is 17.6. The quantitative estimate of drug-likeness (QED) is 0.266. The number of rotatable bonds is 4. The number of nitrogens with two attached hydrogens (primary N) is 1. The highest BCUT2D eigenvalue weighted by atomic mass is 79.9.